The Morgan fingerprint density at radius 3 is 2.23 bits per heavy atom. The van der Waals surface area contributed by atoms with Crippen molar-refractivity contribution in [1.29, 1.82) is 0 Å². The van der Waals surface area contributed by atoms with Crippen LogP contribution in [0.3, 0.4) is 0 Å². The summed E-state index contributed by atoms with van der Waals surface area (Å²) in [5.74, 6) is -1.07. The van der Waals surface area contributed by atoms with Crippen LogP contribution in [0.1, 0.15) is 63.0 Å². The number of nitrogens with one attached hydrogen (secondary N) is 2. The number of hydrogen-bond acceptors (Lipinski definition) is 4. The zero-order chi connectivity index (χ0) is 24.9. The first-order valence-corrected chi connectivity index (χ1v) is 12.5. The molecule has 0 aromatic heterocycles. The summed E-state index contributed by atoms with van der Waals surface area (Å²) >= 11 is 0. The van der Waals surface area contributed by atoms with Crippen LogP contribution in [-0.4, -0.2) is 41.8 Å². The third-order valence-corrected chi connectivity index (χ3v) is 7.30. The Labute approximate surface area is 206 Å². The predicted octanol–water partition coefficient (Wildman–Crippen LogP) is 4.70. The van der Waals surface area contributed by atoms with Crippen molar-refractivity contribution >= 4 is 18.0 Å². The number of hydrogen-bond donors (Lipinski definition) is 3. The second kappa shape index (κ2) is 10.9. The van der Waals surface area contributed by atoms with Gasteiger partial charge in [-0.1, -0.05) is 68.8 Å². The fraction of sp³-hybridized carbons (Fsp3) is 0.464. The number of carboxylic acid groups (broad SMARTS) is 1. The van der Waals surface area contributed by atoms with Crippen molar-refractivity contribution in [3.05, 3.63) is 59.7 Å². The second-order valence-corrected chi connectivity index (χ2v) is 9.99. The summed E-state index contributed by atoms with van der Waals surface area (Å²) in [4.78, 5) is 36.4. The molecule has 0 aliphatic heterocycles. The third-order valence-electron chi connectivity index (χ3n) is 7.30. The molecule has 3 atom stereocenters. The molecule has 2 amide bonds. The van der Waals surface area contributed by atoms with Crippen LogP contribution in [0.15, 0.2) is 48.5 Å². The Bertz CT molecular complexity index is 1040. The van der Waals surface area contributed by atoms with Gasteiger partial charge >= 0.3 is 12.1 Å². The molecule has 3 N–H and O–H groups in total. The molecule has 0 unspecified atom stereocenters. The summed E-state index contributed by atoms with van der Waals surface area (Å²) in [6.45, 7) is 4.04. The second-order valence-electron chi connectivity index (χ2n) is 9.99. The third kappa shape index (κ3) is 5.84. The molecule has 186 valence electrons. The molecule has 2 aromatic rings. The smallest absolute Gasteiger partial charge is 0.407 e. The molecule has 2 aliphatic rings. The minimum absolute atomic E-state index is 0.000468. The molecule has 2 aromatic carbocycles. The van der Waals surface area contributed by atoms with Gasteiger partial charge in [0.05, 0.1) is 6.42 Å². The first-order valence-electron chi connectivity index (χ1n) is 12.5. The highest BCUT2D eigenvalue weighted by Crippen LogP contribution is 2.44. The van der Waals surface area contributed by atoms with Crippen LogP contribution in [0.25, 0.3) is 11.1 Å². The molecule has 0 spiro atoms. The van der Waals surface area contributed by atoms with Crippen molar-refractivity contribution in [2.24, 2.45) is 11.8 Å². The lowest BCUT2D eigenvalue weighted by Crippen LogP contribution is -2.43. The molecule has 1 saturated carbocycles. The molecule has 7 heteroatoms. The van der Waals surface area contributed by atoms with Crippen LogP contribution in [0, 0.1) is 11.8 Å². The Kier molecular flexibility index (Phi) is 7.73. The minimum atomic E-state index is -0.931. The van der Waals surface area contributed by atoms with E-state index in [0.717, 1.165) is 30.4 Å². The van der Waals surface area contributed by atoms with Crippen LogP contribution in [0.2, 0.25) is 0 Å². The Hall–Kier alpha value is -3.35. The van der Waals surface area contributed by atoms with Gasteiger partial charge in [0.25, 0.3) is 0 Å². The highest BCUT2D eigenvalue weighted by Gasteiger charge is 2.33. The molecule has 2 aliphatic carbocycles. The number of alkyl carbamates (subject to hydrolysis) is 1. The summed E-state index contributed by atoms with van der Waals surface area (Å²) in [7, 11) is 0. The highest BCUT2D eigenvalue weighted by atomic mass is 16.5. The van der Waals surface area contributed by atoms with Crippen LogP contribution in [0.4, 0.5) is 4.79 Å². The fourth-order valence-corrected chi connectivity index (χ4v) is 5.41. The Balaban J connectivity index is 1.31. The van der Waals surface area contributed by atoms with E-state index in [4.69, 9.17) is 9.84 Å². The fourth-order valence-electron chi connectivity index (χ4n) is 5.41. The Morgan fingerprint density at radius 1 is 1.00 bits per heavy atom. The van der Waals surface area contributed by atoms with Gasteiger partial charge in [-0.3, -0.25) is 9.59 Å². The van der Waals surface area contributed by atoms with Gasteiger partial charge in [-0.2, -0.15) is 0 Å². The number of fused-ring (bicyclic) bond motifs is 3. The summed E-state index contributed by atoms with van der Waals surface area (Å²) in [5, 5.41) is 14.9. The van der Waals surface area contributed by atoms with Crippen molar-refractivity contribution < 1.29 is 24.2 Å². The first-order chi connectivity index (χ1) is 16.8. The molecular weight excluding hydrogens is 444 g/mol. The van der Waals surface area contributed by atoms with Gasteiger partial charge in [-0.05, 0) is 46.9 Å². The molecule has 4 rings (SSSR count). The van der Waals surface area contributed by atoms with Crippen molar-refractivity contribution in [2.75, 3.05) is 6.61 Å². The number of rotatable bonds is 9. The van der Waals surface area contributed by atoms with Crippen molar-refractivity contribution in [3.8, 4) is 11.1 Å². The van der Waals surface area contributed by atoms with Crippen LogP contribution < -0.4 is 10.6 Å². The van der Waals surface area contributed by atoms with Crippen molar-refractivity contribution in [1.82, 2.24) is 10.6 Å². The summed E-state index contributed by atoms with van der Waals surface area (Å²) in [6.07, 6.45) is 2.26. The number of carboxylic acids is 1. The molecule has 7 nitrogen and oxygen atoms in total. The maximum atomic E-state index is 12.7. The first kappa shape index (κ1) is 24.8. The maximum absolute atomic E-state index is 12.7. The summed E-state index contributed by atoms with van der Waals surface area (Å²) in [6, 6.07) is 15.9. The van der Waals surface area contributed by atoms with Gasteiger partial charge < -0.3 is 20.5 Å². The molecule has 0 saturated heterocycles. The molecule has 0 radical (unpaired) electrons. The van der Waals surface area contributed by atoms with Crippen molar-refractivity contribution in [3.63, 3.8) is 0 Å². The lowest BCUT2D eigenvalue weighted by atomic mass is 9.97. The SMILES string of the molecule is CC(C)[C@H](CC(=O)O)NC(=O)C[C@@H]1CCC[C@H]1NC(=O)OCC1c2ccccc2-c2ccccc21. The van der Waals surface area contributed by atoms with Crippen LogP contribution in [0.5, 0.6) is 0 Å². The lowest BCUT2D eigenvalue weighted by Gasteiger charge is -2.24. The van der Waals surface area contributed by atoms with E-state index in [1.165, 1.54) is 11.1 Å². The van der Waals surface area contributed by atoms with Crippen LogP contribution in [-0.2, 0) is 14.3 Å². The normalized spacial score (nSPS) is 19.6. The summed E-state index contributed by atoms with van der Waals surface area (Å²) < 4.78 is 5.68. The number of carbonyl (C=O) groups excluding carboxylic acids is 2. The molecule has 1 fully saturated rings. The van der Waals surface area contributed by atoms with Gasteiger partial charge in [0.1, 0.15) is 6.61 Å². The quantitative estimate of drug-likeness (QED) is 0.485. The van der Waals surface area contributed by atoms with E-state index in [-0.39, 0.29) is 49.2 Å². The van der Waals surface area contributed by atoms with E-state index in [9.17, 15) is 14.4 Å². The number of benzene rings is 2. The minimum Gasteiger partial charge on any atom is -0.481 e. The highest BCUT2D eigenvalue weighted by molar-refractivity contribution is 5.79. The largest absolute Gasteiger partial charge is 0.481 e. The predicted molar refractivity (Wildman–Crippen MR) is 133 cm³/mol. The van der Waals surface area contributed by atoms with Gasteiger partial charge in [-0.25, -0.2) is 4.79 Å². The van der Waals surface area contributed by atoms with E-state index in [1.807, 2.05) is 38.1 Å². The number of ether oxygens (including phenoxy) is 1. The van der Waals surface area contributed by atoms with Crippen molar-refractivity contribution in [2.45, 2.75) is 64.0 Å². The molecule has 0 bridgehead atoms. The zero-order valence-corrected chi connectivity index (χ0v) is 20.3. The number of aliphatic carboxylic acids is 1. The van der Waals surface area contributed by atoms with Gasteiger partial charge in [-0.15, -0.1) is 0 Å². The Morgan fingerprint density at radius 2 is 1.63 bits per heavy atom. The standard InChI is InChI=1S/C28H34N2O5/c1-17(2)25(15-27(32)33)29-26(31)14-18-8-7-13-24(18)30-28(34)35-16-23-21-11-5-3-9-19(21)20-10-4-6-12-22(20)23/h3-6,9-12,17-18,23-25H,7-8,13-16H2,1-2H3,(H,29,31)(H,30,34)(H,32,33)/t18-,24+,25-/m0/s1. The van der Waals surface area contributed by atoms with Gasteiger partial charge in [0.2, 0.25) is 5.91 Å². The number of carbonyl (C=O) groups is 3. The van der Waals surface area contributed by atoms with E-state index >= 15 is 0 Å². The monoisotopic (exact) mass is 478 g/mol. The average molecular weight is 479 g/mol. The van der Waals surface area contributed by atoms with E-state index in [2.05, 4.69) is 34.9 Å². The topological polar surface area (TPSA) is 105 Å². The van der Waals surface area contributed by atoms with Gasteiger partial charge in [0, 0.05) is 24.4 Å². The maximum Gasteiger partial charge on any atom is 0.407 e. The average Bonchev–Trinajstić information content (AvgIpc) is 3.38. The van der Waals surface area contributed by atoms with Gasteiger partial charge in [0.15, 0.2) is 0 Å². The lowest BCUT2D eigenvalue weighted by molar-refractivity contribution is -0.138. The molecule has 0 heterocycles. The van der Waals surface area contributed by atoms with E-state index in [1.54, 1.807) is 0 Å². The van der Waals surface area contributed by atoms with Crippen LogP contribution >= 0.6 is 0 Å². The van der Waals surface area contributed by atoms with E-state index in [0.29, 0.717) is 0 Å². The number of amides is 2. The van der Waals surface area contributed by atoms with E-state index < -0.39 is 18.1 Å². The molecular formula is C28H34N2O5. The molecule has 35 heavy (non-hydrogen) atoms. The summed E-state index contributed by atoms with van der Waals surface area (Å²) in [5.41, 5.74) is 4.69. The zero-order valence-electron chi connectivity index (χ0n) is 20.3.